The van der Waals surface area contributed by atoms with Crippen LogP contribution in [-0.2, 0) is 19.1 Å². The maximum atomic E-state index is 12.3. The summed E-state index contributed by atoms with van der Waals surface area (Å²) < 4.78 is 10.7. The van der Waals surface area contributed by atoms with Gasteiger partial charge in [-0.15, -0.1) is 0 Å². The molecule has 0 aliphatic rings. The van der Waals surface area contributed by atoms with Crippen LogP contribution in [0.3, 0.4) is 0 Å². The number of allylic oxidation sites excluding steroid dienone is 12. The van der Waals surface area contributed by atoms with E-state index in [-0.39, 0.29) is 25.2 Å². The molecule has 0 bridgehead atoms. The molecule has 5 heteroatoms. The van der Waals surface area contributed by atoms with Gasteiger partial charge in [-0.2, -0.15) is 0 Å². The maximum Gasteiger partial charge on any atom is 0.306 e. The molecule has 5 nitrogen and oxygen atoms in total. The van der Waals surface area contributed by atoms with Crippen LogP contribution in [0.15, 0.2) is 72.9 Å². The molecule has 66 heavy (non-hydrogen) atoms. The summed E-state index contributed by atoms with van der Waals surface area (Å²) in [6.45, 7) is 4.04. The standard InChI is InChI=1S/C61H108O5/c1-3-5-7-9-11-13-15-17-19-21-22-23-24-25-26-27-28-29-30-31-32-33-34-35-36-37-38-40-42-44-46-48-50-52-54-56-61(64)66-59(57-62)58-65-60(63)55-53-51-49-47-45-43-41-39-20-18-16-14-12-10-8-6-4-2/h5,7,11,13,17-20,22-23,25-26,59,62H,3-4,6,8-10,12,14-16,21,24,27-58H2,1-2H3/b7-5-,13-11-,19-17-,20-18-,23-22-,26-25-. The van der Waals surface area contributed by atoms with Gasteiger partial charge in [0.15, 0.2) is 6.10 Å². The van der Waals surface area contributed by atoms with E-state index >= 15 is 0 Å². The molecule has 0 aliphatic heterocycles. The number of rotatable bonds is 52. The molecule has 0 aromatic heterocycles. The van der Waals surface area contributed by atoms with Gasteiger partial charge in [0.05, 0.1) is 6.61 Å². The Morgan fingerprint density at radius 1 is 0.364 bits per heavy atom. The molecule has 382 valence electrons. The van der Waals surface area contributed by atoms with Crippen molar-refractivity contribution in [2.24, 2.45) is 0 Å². The third-order valence-electron chi connectivity index (χ3n) is 12.5. The molecule has 0 aliphatic carbocycles. The third kappa shape index (κ3) is 54.0. The first-order valence-electron chi connectivity index (χ1n) is 28.5. The summed E-state index contributed by atoms with van der Waals surface area (Å²) in [5.41, 5.74) is 0. The molecule has 1 N–H and O–H groups in total. The van der Waals surface area contributed by atoms with Crippen LogP contribution < -0.4 is 0 Å². The molecule has 1 atom stereocenters. The average molecular weight is 922 g/mol. The molecule has 0 saturated heterocycles. The second kappa shape index (κ2) is 56.7. The van der Waals surface area contributed by atoms with E-state index in [4.69, 9.17) is 9.47 Å². The zero-order valence-corrected chi connectivity index (χ0v) is 43.7. The lowest BCUT2D eigenvalue weighted by atomic mass is 10.0. The Balaban J connectivity index is 3.45. The van der Waals surface area contributed by atoms with Gasteiger partial charge in [0, 0.05) is 12.8 Å². The molecule has 0 radical (unpaired) electrons. The van der Waals surface area contributed by atoms with Crippen molar-refractivity contribution in [1.29, 1.82) is 0 Å². The highest BCUT2D eigenvalue weighted by molar-refractivity contribution is 5.70. The molecule has 0 fully saturated rings. The van der Waals surface area contributed by atoms with Crippen LogP contribution in [0.4, 0.5) is 0 Å². The maximum absolute atomic E-state index is 12.3. The number of hydrogen-bond donors (Lipinski definition) is 1. The van der Waals surface area contributed by atoms with Gasteiger partial charge in [-0.25, -0.2) is 0 Å². The van der Waals surface area contributed by atoms with E-state index in [1.54, 1.807) is 0 Å². The summed E-state index contributed by atoms with van der Waals surface area (Å²) in [6, 6.07) is 0. The van der Waals surface area contributed by atoms with Crippen molar-refractivity contribution >= 4 is 11.9 Å². The zero-order valence-electron chi connectivity index (χ0n) is 43.7. The van der Waals surface area contributed by atoms with E-state index in [9.17, 15) is 14.7 Å². The van der Waals surface area contributed by atoms with Crippen molar-refractivity contribution in [3.63, 3.8) is 0 Å². The molecule has 0 aromatic carbocycles. The first kappa shape index (κ1) is 63.3. The molecule has 0 rings (SSSR count). The van der Waals surface area contributed by atoms with Gasteiger partial charge in [0.25, 0.3) is 0 Å². The minimum Gasteiger partial charge on any atom is -0.462 e. The number of esters is 2. The summed E-state index contributed by atoms with van der Waals surface area (Å²) >= 11 is 0. The van der Waals surface area contributed by atoms with E-state index in [1.165, 1.54) is 186 Å². The van der Waals surface area contributed by atoms with Gasteiger partial charge in [0.2, 0.25) is 0 Å². The molecular weight excluding hydrogens is 813 g/mol. The number of unbranched alkanes of at least 4 members (excludes halogenated alkanes) is 32. The van der Waals surface area contributed by atoms with Gasteiger partial charge in [-0.05, 0) is 83.5 Å². The van der Waals surface area contributed by atoms with E-state index < -0.39 is 6.10 Å². The highest BCUT2D eigenvalue weighted by Crippen LogP contribution is 2.16. The molecule has 0 heterocycles. The number of hydrogen-bond acceptors (Lipinski definition) is 5. The Labute approximate surface area is 410 Å². The Morgan fingerprint density at radius 3 is 1.00 bits per heavy atom. The Kier molecular flexibility index (Phi) is 54.4. The molecule has 0 saturated carbocycles. The van der Waals surface area contributed by atoms with Gasteiger partial charge >= 0.3 is 11.9 Å². The summed E-state index contributed by atoms with van der Waals surface area (Å²) in [6.07, 6.45) is 77.4. The largest absolute Gasteiger partial charge is 0.462 e. The topological polar surface area (TPSA) is 72.8 Å². The fraction of sp³-hybridized carbons (Fsp3) is 0.770. The highest BCUT2D eigenvalue weighted by Gasteiger charge is 2.16. The molecule has 1 unspecified atom stereocenters. The summed E-state index contributed by atoms with van der Waals surface area (Å²) in [7, 11) is 0. The fourth-order valence-corrected chi connectivity index (χ4v) is 8.23. The number of ether oxygens (including phenoxy) is 2. The average Bonchev–Trinajstić information content (AvgIpc) is 3.32. The molecule has 0 aromatic rings. The van der Waals surface area contributed by atoms with Gasteiger partial charge < -0.3 is 14.6 Å². The smallest absolute Gasteiger partial charge is 0.306 e. The van der Waals surface area contributed by atoms with E-state index in [0.717, 1.165) is 70.6 Å². The van der Waals surface area contributed by atoms with Crippen molar-refractivity contribution in [3.05, 3.63) is 72.9 Å². The zero-order chi connectivity index (χ0) is 47.7. The van der Waals surface area contributed by atoms with Crippen LogP contribution in [0.5, 0.6) is 0 Å². The quantitative estimate of drug-likeness (QED) is 0.0374. The first-order valence-corrected chi connectivity index (χ1v) is 28.5. The van der Waals surface area contributed by atoms with E-state index in [1.807, 2.05) is 0 Å². The minimum atomic E-state index is -0.774. The fourth-order valence-electron chi connectivity index (χ4n) is 8.23. The van der Waals surface area contributed by atoms with Gasteiger partial charge in [-0.1, -0.05) is 260 Å². The van der Waals surface area contributed by atoms with E-state index in [2.05, 4.69) is 86.8 Å². The van der Waals surface area contributed by atoms with Crippen molar-refractivity contribution in [1.82, 2.24) is 0 Å². The lowest BCUT2D eigenvalue weighted by Gasteiger charge is -2.15. The van der Waals surface area contributed by atoms with Gasteiger partial charge in [-0.3, -0.25) is 9.59 Å². The Morgan fingerprint density at radius 2 is 0.652 bits per heavy atom. The van der Waals surface area contributed by atoms with Gasteiger partial charge in [0.1, 0.15) is 6.61 Å². The summed E-state index contributed by atoms with van der Waals surface area (Å²) in [4.78, 5) is 24.5. The summed E-state index contributed by atoms with van der Waals surface area (Å²) in [5.74, 6) is -0.585. The Hall–Kier alpha value is -2.66. The van der Waals surface area contributed by atoms with Crippen molar-refractivity contribution < 1.29 is 24.2 Å². The van der Waals surface area contributed by atoms with Crippen LogP contribution in [0.1, 0.15) is 284 Å². The van der Waals surface area contributed by atoms with Crippen molar-refractivity contribution in [3.8, 4) is 0 Å². The van der Waals surface area contributed by atoms with Crippen LogP contribution in [0, 0.1) is 0 Å². The SMILES string of the molecule is CC/C=C\C/C=C\C/C=C\C/C=C\C/C=C\CCCCCCCCCCCCCCCCCCCCCC(=O)OC(CO)COC(=O)CCCCCCCCC/C=C\CCCCCCCC. The molecular formula is C61H108O5. The first-order chi connectivity index (χ1) is 32.6. The van der Waals surface area contributed by atoms with Crippen LogP contribution in [0.2, 0.25) is 0 Å². The molecule has 0 spiro atoms. The number of aliphatic hydroxyl groups excluding tert-OH is 1. The normalized spacial score (nSPS) is 12.7. The molecule has 0 amide bonds. The lowest BCUT2D eigenvalue weighted by molar-refractivity contribution is -0.161. The predicted molar refractivity (Wildman–Crippen MR) is 288 cm³/mol. The number of carbonyl (C=O) groups is 2. The highest BCUT2D eigenvalue weighted by atomic mass is 16.6. The monoisotopic (exact) mass is 921 g/mol. The van der Waals surface area contributed by atoms with Crippen LogP contribution in [-0.4, -0.2) is 36.4 Å². The summed E-state index contributed by atoms with van der Waals surface area (Å²) in [5, 5.41) is 9.64. The third-order valence-corrected chi connectivity index (χ3v) is 12.5. The second-order valence-electron chi connectivity index (χ2n) is 19.0. The van der Waals surface area contributed by atoms with Crippen molar-refractivity contribution in [2.45, 2.75) is 290 Å². The Bertz CT molecular complexity index is 1180. The van der Waals surface area contributed by atoms with Crippen LogP contribution >= 0.6 is 0 Å². The predicted octanol–water partition coefficient (Wildman–Crippen LogP) is 19.2. The number of carbonyl (C=O) groups excluding carboxylic acids is 2. The number of aliphatic hydroxyl groups is 1. The van der Waals surface area contributed by atoms with Crippen molar-refractivity contribution in [2.75, 3.05) is 13.2 Å². The van der Waals surface area contributed by atoms with E-state index in [0.29, 0.717) is 12.8 Å². The van der Waals surface area contributed by atoms with Crippen LogP contribution in [0.25, 0.3) is 0 Å². The second-order valence-corrected chi connectivity index (χ2v) is 19.0. The minimum absolute atomic E-state index is 0.0663. The lowest BCUT2D eigenvalue weighted by Crippen LogP contribution is -2.28.